The van der Waals surface area contributed by atoms with Crippen molar-refractivity contribution in [1.82, 2.24) is 0 Å². The van der Waals surface area contributed by atoms with Crippen LogP contribution < -0.4 is 4.74 Å². The summed E-state index contributed by atoms with van der Waals surface area (Å²) in [5.41, 5.74) is 1.17. The lowest BCUT2D eigenvalue weighted by Crippen LogP contribution is -1.97. The van der Waals surface area contributed by atoms with Crippen molar-refractivity contribution in [3.05, 3.63) is 42.0 Å². The van der Waals surface area contributed by atoms with Gasteiger partial charge in [0.15, 0.2) is 0 Å². The van der Waals surface area contributed by atoms with Crippen molar-refractivity contribution in [2.45, 2.75) is 45.1 Å². The Kier molecular flexibility index (Phi) is 10.6. The Morgan fingerprint density at radius 1 is 1.00 bits per heavy atom. The fourth-order valence-electron chi connectivity index (χ4n) is 2.09. The Balaban J connectivity index is 1.93. The first-order chi connectivity index (χ1) is 11.3. The SMILES string of the molecule is COC(=O)CC/C=C/CCCCCOCc1ccc(OC)cc1. The molecular weight excluding hydrogens is 292 g/mol. The van der Waals surface area contributed by atoms with Crippen molar-refractivity contribution < 1.29 is 19.0 Å². The maximum atomic E-state index is 10.9. The second kappa shape index (κ2) is 12.7. The smallest absolute Gasteiger partial charge is 0.305 e. The molecule has 0 aliphatic heterocycles. The summed E-state index contributed by atoms with van der Waals surface area (Å²) in [7, 11) is 3.09. The molecule has 0 spiro atoms. The highest BCUT2D eigenvalue weighted by Gasteiger charge is 1.96. The quantitative estimate of drug-likeness (QED) is 0.327. The minimum Gasteiger partial charge on any atom is -0.497 e. The van der Waals surface area contributed by atoms with Gasteiger partial charge in [0.1, 0.15) is 5.75 Å². The van der Waals surface area contributed by atoms with Crippen LogP contribution in [0.1, 0.15) is 44.1 Å². The molecule has 1 aromatic carbocycles. The van der Waals surface area contributed by atoms with Gasteiger partial charge >= 0.3 is 5.97 Å². The normalized spacial score (nSPS) is 10.9. The van der Waals surface area contributed by atoms with E-state index in [-0.39, 0.29) is 5.97 Å². The summed E-state index contributed by atoms with van der Waals surface area (Å²) in [4.78, 5) is 10.9. The van der Waals surface area contributed by atoms with Crippen LogP contribution in [0.25, 0.3) is 0 Å². The van der Waals surface area contributed by atoms with Crippen molar-refractivity contribution in [3.63, 3.8) is 0 Å². The van der Waals surface area contributed by atoms with Crippen LogP contribution in [0.5, 0.6) is 5.75 Å². The van der Waals surface area contributed by atoms with Gasteiger partial charge < -0.3 is 14.2 Å². The van der Waals surface area contributed by atoms with E-state index in [0.29, 0.717) is 13.0 Å². The van der Waals surface area contributed by atoms with Crippen LogP contribution in [-0.4, -0.2) is 26.8 Å². The molecule has 0 atom stereocenters. The predicted molar refractivity (Wildman–Crippen MR) is 91.5 cm³/mol. The number of carbonyl (C=O) groups is 1. The summed E-state index contributed by atoms with van der Waals surface area (Å²) in [6.45, 7) is 1.44. The van der Waals surface area contributed by atoms with Crippen LogP contribution >= 0.6 is 0 Å². The number of esters is 1. The van der Waals surface area contributed by atoms with Crippen LogP contribution in [0.3, 0.4) is 0 Å². The Morgan fingerprint density at radius 2 is 1.74 bits per heavy atom. The van der Waals surface area contributed by atoms with Gasteiger partial charge in [-0.3, -0.25) is 4.79 Å². The molecule has 1 aromatic rings. The summed E-state index contributed by atoms with van der Waals surface area (Å²) >= 11 is 0. The van der Waals surface area contributed by atoms with E-state index in [4.69, 9.17) is 9.47 Å². The van der Waals surface area contributed by atoms with E-state index < -0.39 is 0 Å². The second-order valence-corrected chi connectivity index (χ2v) is 5.34. The molecule has 0 N–H and O–H groups in total. The molecule has 4 nitrogen and oxygen atoms in total. The number of hydrogen-bond donors (Lipinski definition) is 0. The van der Waals surface area contributed by atoms with Crippen LogP contribution in [-0.2, 0) is 20.9 Å². The maximum absolute atomic E-state index is 10.9. The summed E-state index contributed by atoms with van der Waals surface area (Å²) < 4.78 is 15.4. The van der Waals surface area contributed by atoms with E-state index in [1.54, 1.807) is 7.11 Å². The van der Waals surface area contributed by atoms with E-state index in [0.717, 1.165) is 44.5 Å². The molecule has 0 radical (unpaired) electrons. The molecule has 0 heterocycles. The number of rotatable bonds is 12. The largest absolute Gasteiger partial charge is 0.497 e. The minimum absolute atomic E-state index is 0.149. The zero-order chi connectivity index (χ0) is 16.8. The molecule has 0 bridgehead atoms. The predicted octanol–water partition coefficient (Wildman–Crippen LogP) is 4.28. The molecule has 0 saturated heterocycles. The highest BCUT2D eigenvalue weighted by Crippen LogP contribution is 2.12. The molecule has 1 rings (SSSR count). The molecule has 0 fully saturated rings. The van der Waals surface area contributed by atoms with Crippen LogP contribution in [0.2, 0.25) is 0 Å². The Morgan fingerprint density at radius 3 is 2.43 bits per heavy atom. The molecular formula is C19H28O4. The van der Waals surface area contributed by atoms with Crippen molar-refractivity contribution in [1.29, 1.82) is 0 Å². The number of unbranched alkanes of at least 4 members (excludes halogenated alkanes) is 3. The summed E-state index contributed by atoms with van der Waals surface area (Å²) in [6, 6.07) is 7.95. The summed E-state index contributed by atoms with van der Waals surface area (Å²) in [5.74, 6) is 0.719. The first-order valence-electron chi connectivity index (χ1n) is 8.18. The van der Waals surface area contributed by atoms with Gasteiger partial charge in [0.25, 0.3) is 0 Å². The molecule has 128 valence electrons. The van der Waals surface area contributed by atoms with Crippen LogP contribution in [0.4, 0.5) is 0 Å². The molecule has 0 saturated carbocycles. The number of hydrogen-bond acceptors (Lipinski definition) is 4. The third kappa shape index (κ3) is 9.74. The van der Waals surface area contributed by atoms with E-state index in [1.807, 2.05) is 24.3 Å². The molecule has 0 amide bonds. The van der Waals surface area contributed by atoms with Gasteiger partial charge in [0.2, 0.25) is 0 Å². The van der Waals surface area contributed by atoms with Gasteiger partial charge in [-0.15, -0.1) is 0 Å². The molecule has 0 aromatic heterocycles. The van der Waals surface area contributed by atoms with E-state index in [9.17, 15) is 4.79 Å². The molecule has 0 aliphatic rings. The monoisotopic (exact) mass is 320 g/mol. The van der Waals surface area contributed by atoms with Crippen LogP contribution in [0, 0.1) is 0 Å². The molecule has 0 unspecified atom stereocenters. The van der Waals surface area contributed by atoms with Crippen molar-refractivity contribution in [2.75, 3.05) is 20.8 Å². The van der Waals surface area contributed by atoms with Gasteiger partial charge in [0.05, 0.1) is 20.8 Å². The lowest BCUT2D eigenvalue weighted by Gasteiger charge is -2.05. The Labute approximate surface area is 139 Å². The first kappa shape index (κ1) is 19.2. The van der Waals surface area contributed by atoms with E-state index >= 15 is 0 Å². The van der Waals surface area contributed by atoms with E-state index in [2.05, 4.69) is 16.9 Å². The fraction of sp³-hybridized carbons (Fsp3) is 0.526. The van der Waals surface area contributed by atoms with Gasteiger partial charge in [-0.25, -0.2) is 0 Å². The Bertz CT molecular complexity index is 451. The average Bonchev–Trinajstić information content (AvgIpc) is 2.59. The zero-order valence-electron chi connectivity index (χ0n) is 14.3. The molecule has 0 aliphatic carbocycles. The average molecular weight is 320 g/mol. The number of benzene rings is 1. The topological polar surface area (TPSA) is 44.8 Å². The number of carbonyl (C=O) groups excluding carboxylic acids is 1. The Hall–Kier alpha value is -1.81. The van der Waals surface area contributed by atoms with Gasteiger partial charge in [0, 0.05) is 13.0 Å². The van der Waals surface area contributed by atoms with Crippen molar-refractivity contribution in [3.8, 4) is 5.75 Å². The fourth-order valence-corrected chi connectivity index (χ4v) is 2.09. The minimum atomic E-state index is -0.149. The standard InChI is InChI=1S/C19H28O4/c1-21-18-13-11-17(12-14-18)16-23-15-9-7-5-3-4-6-8-10-19(20)22-2/h4,6,11-14H,3,5,7-10,15-16H2,1-2H3/b6-4+. The second-order valence-electron chi connectivity index (χ2n) is 5.34. The first-order valence-corrected chi connectivity index (χ1v) is 8.18. The number of ether oxygens (including phenoxy) is 3. The third-order valence-electron chi connectivity index (χ3n) is 3.50. The lowest BCUT2D eigenvalue weighted by molar-refractivity contribution is -0.140. The highest BCUT2D eigenvalue weighted by atomic mass is 16.5. The summed E-state index contributed by atoms with van der Waals surface area (Å²) in [5, 5.41) is 0. The number of methoxy groups -OCH3 is 2. The van der Waals surface area contributed by atoms with Gasteiger partial charge in [-0.2, -0.15) is 0 Å². The molecule has 4 heteroatoms. The van der Waals surface area contributed by atoms with Crippen molar-refractivity contribution in [2.24, 2.45) is 0 Å². The highest BCUT2D eigenvalue weighted by molar-refractivity contribution is 5.69. The number of allylic oxidation sites excluding steroid dienone is 2. The lowest BCUT2D eigenvalue weighted by atomic mass is 10.2. The van der Waals surface area contributed by atoms with Gasteiger partial charge in [-0.1, -0.05) is 30.7 Å². The van der Waals surface area contributed by atoms with Crippen molar-refractivity contribution >= 4 is 5.97 Å². The maximum Gasteiger partial charge on any atom is 0.305 e. The van der Waals surface area contributed by atoms with Gasteiger partial charge in [-0.05, 0) is 43.4 Å². The molecule has 23 heavy (non-hydrogen) atoms. The van der Waals surface area contributed by atoms with Crippen LogP contribution in [0.15, 0.2) is 36.4 Å². The summed E-state index contributed by atoms with van der Waals surface area (Å²) in [6.07, 6.45) is 9.86. The zero-order valence-corrected chi connectivity index (χ0v) is 14.3. The van der Waals surface area contributed by atoms with E-state index in [1.165, 1.54) is 12.7 Å². The third-order valence-corrected chi connectivity index (χ3v) is 3.50.